The van der Waals surface area contributed by atoms with Crippen molar-refractivity contribution in [1.82, 2.24) is 10.2 Å². The van der Waals surface area contributed by atoms with Crippen LogP contribution < -0.4 is 5.32 Å². The summed E-state index contributed by atoms with van der Waals surface area (Å²) < 4.78 is 13.3. The second kappa shape index (κ2) is 4.01. The Bertz CT molecular complexity index is 511. The fraction of sp³-hybridized carbons (Fsp3) is 0. The Kier molecular flexibility index (Phi) is 2.55. The van der Waals surface area contributed by atoms with E-state index in [2.05, 4.69) is 15.5 Å². The average Bonchev–Trinajstić information content (AvgIpc) is 2.75. The van der Waals surface area contributed by atoms with E-state index in [1.807, 2.05) is 0 Å². The SMILES string of the molecule is O=C(Nc1ccc(O)cc1F)c1cn[nH]c1. The number of hydrogen-bond donors (Lipinski definition) is 3. The molecule has 2 aromatic rings. The predicted octanol–water partition coefficient (Wildman–Crippen LogP) is 1.51. The molecule has 0 aliphatic rings. The number of carbonyl (C=O) groups excluding carboxylic acids is 1. The number of aromatic hydroxyl groups is 1. The number of phenols is 1. The largest absolute Gasteiger partial charge is 0.508 e. The van der Waals surface area contributed by atoms with E-state index >= 15 is 0 Å². The summed E-state index contributed by atoms with van der Waals surface area (Å²) in [6.07, 6.45) is 2.72. The summed E-state index contributed by atoms with van der Waals surface area (Å²) in [5, 5.41) is 17.4. The molecule has 1 aromatic carbocycles. The molecule has 0 aliphatic heterocycles. The summed E-state index contributed by atoms with van der Waals surface area (Å²) in [4.78, 5) is 11.5. The lowest BCUT2D eigenvalue weighted by Gasteiger charge is -2.04. The van der Waals surface area contributed by atoms with Gasteiger partial charge in [0, 0.05) is 12.3 Å². The van der Waals surface area contributed by atoms with E-state index in [-0.39, 0.29) is 11.4 Å². The molecule has 1 amide bonds. The molecule has 82 valence electrons. The van der Waals surface area contributed by atoms with Crippen LogP contribution >= 0.6 is 0 Å². The Labute approximate surface area is 89.9 Å². The van der Waals surface area contributed by atoms with Crippen molar-refractivity contribution in [1.29, 1.82) is 0 Å². The zero-order valence-electron chi connectivity index (χ0n) is 8.07. The Morgan fingerprint density at radius 2 is 2.31 bits per heavy atom. The topological polar surface area (TPSA) is 78.0 Å². The highest BCUT2D eigenvalue weighted by atomic mass is 19.1. The van der Waals surface area contributed by atoms with E-state index in [1.165, 1.54) is 24.5 Å². The maximum atomic E-state index is 13.3. The molecule has 16 heavy (non-hydrogen) atoms. The third-order valence-electron chi connectivity index (χ3n) is 1.96. The van der Waals surface area contributed by atoms with Crippen molar-refractivity contribution in [3.63, 3.8) is 0 Å². The molecule has 0 bridgehead atoms. The fourth-order valence-electron chi connectivity index (χ4n) is 1.17. The highest BCUT2D eigenvalue weighted by molar-refractivity contribution is 6.03. The number of amides is 1. The molecule has 0 spiro atoms. The molecule has 6 heteroatoms. The Balaban J connectivity index is 2.18. The molecule has 1 heterocycles. The van der Waals surface area contributed by atoms with E-state index in [4.69, 9.17) is 5.11 Å². The number of benzene rings is 1. The maximum Gasteiger partial charge on any atom is 0.258 e. The van der Waals surface area contributed by atoms with Crippen molar-refractivity contribution < 1.29 is 14.3 Å². The smallest absolute Gasteiger partial charge is 0.258 e. The third-order valence-corrected chi connectivity index (χ3v) is 1.96. The summed E-state index contributed by atoms with van der Waals surface area (Å²) in [6, 6.07) is 3.49. The molecule has 0 aliphatic carbocycles. The fourth-order valence-corrected chi connectivity index (χ4v) is 1.17. The van der Waals surface area contributed by atoms with Gasteiger partial charge in [0.1, 0.15) is 11.6 Å². The first-order valence-electron chi connectivity index (χ1n) is 4.45. The Hall–Kier alpha value is -2.37. The number of phenolic OH excluding ortho intramolecular Hbond substituents is 1. The first-order chi connectivity index (χ1) is 7.66. The van der Waals surface area contributed by atoms with Gasteiger partial charge >= 0.3 is 0 Å². The highest BCUT2D eigenvalue weighted by Crippen LogP contribution is 2.19. The van der Waals surface area contributed by atoms with Gasteiger partial charge in [-0.15, -0.1) is 0 Å². The summed E-state index contributed by atoms with van der Waals surface area (Å²) in [5.41, 5.74) is 0.302. The highest BCUT2D eigenvalue weighted by Gasteiger charge is 2.10. The van der Waals surface area contributed by atoms with Gasteiger partial charge in [-0.2, -0.15) is 5.10 Å². The van der Waals surface area contributed by atoms with Crippen LogP contribution in [-0.4, -0.2) is 21.2 Å². The second-order valence-corrected chi connectivity index (χ2v) is 3.11. The number of aromatic nitrogens is 2. The minimum Gasteiger partial charge on any atom is -0.508 e. The average molecular weight is 221 g/mol. The number of H-pyrrole nitrogens is 1. The number of nitrogens with zero attached hydrogens (tertiary/aromatic N) is 1. The Morgan fingerprint density at radius 3 is 2.94 bits per heavy atom. The number of anilines is 1. The first-order valence-corrected chi connectivity index (χ1v) is 4.45. The van der Waals surface area contributed by atoms with Gasteiger partial charge in [0.2, 0.25) is 0 Å². The second-order valence-electron chi connectivity index (χ2n) is 3.11. The number of carbonyl (C=O) groups is 1. The van der Waals surface area contributed by atoms with Crippen LogP contribution in [0.15, 0.2) is 30.6 Å². The van der Waals surface area contributed by atoms with Crippen molar-refractivity contribution in [2.75, 3.05) is 5.32 Å². The van der Waals surface area contributed by atoms with Crippen molar-refractivity contribution >= 4 is 11.6 Å². The van der Waals surface area contributed by atoms with Gasteiger partial charge in [0.15, 0.2) is 0 Å². The summed E-state index contributed by atoms with van der Waals surface area (Å²) >= 11 is 0. The number of nitrogens with one attached hydrogen (secondary N) is 2. The molecule has 0 saturated heterocycles. The lowest BCUT2D eigenvalue weighted by molar-refractivity contribution is 0.102. The first kappa shape index (κ1) is 10.2. The van der Waals surface area contributed by atoms with Crippen LogP contribution in [0.4, 0.5) is 10.1 Å². The van der Waals surface area contributed by atoms with Crippen LogP contribution in [0.25, 0.3) is 0 Å². The van der Waals surface area contributed by atoms with E-state index in [9.17, 15) is 9.18 Å². The molecule has 0 unspecified atom stereocenters. The van der Waals surface area contributed by atoms with E-state index in [0.29, 0.717) is 5.56 Å². The minimum atomic E-state index is -0.697. The molecule has 0 radical (unpaired) electrons. The van der Waals surface area contributed by atoms with Gasteiger partial charge in [0.05, 0.1) is 17.4 Å². The summed E-state index contributed by atoms with van der Waals surface area (Å²) in [7, 11) is 0. The van der Waals surface area contributed by atoms with Crippen LogP contribution in [0.3, 0.4) is 0 Å². The van der Waals surface area contributed by atoms with Crippen LogP contribution in [0.2, 0.25) is 0 Å². The van der Waals surface area contributed by atoms with Crippen molar-refractivity contribution in [2.24, 2.45) is 0 Å². The zero-order chi connectivity index (χ0) is 11.5. The van der Waals surface area contributed by atoms with Crippen molar-refractivity contribution in [3.8, 4) is 5.75 Å². The van der Waals surface area contributed by atoms with E-state index in [0.717, 1.165) is 6.07 Å². The van der Waals surface area contributed by atoms with Gasteiger partial charge in [-0.25, -0.2) is 4.39 Å². The van der Waals surface area contributed by atoms with Gasteiger partial charge in [0.25, 0.3) is 5.91 Å². The van der Waals surface area contributed by atoms with E-state index in [1.54, 1.807) is 0 Å². The van der Waals surface area contributed by atoms with Gasteiger partial charge < -0.3 is 10.4 Å². The quantitative estimate of drug-likeness (QED) is 0.672. The molecule has 3 N–H and O–H groups in total. The summed E-state index contributed by atoms with van der Waals surface area (Å²) in [5.74, 6) is -1.37. The molecule has 5 nitrogen and oxygen atoms in total. The molecule has 1 aromatic heterocycles. The Morgan fingerprint density at radius 1 is 1.50 bits per heavy atom. The lowest BCUT2D eigenvalue weighted by Crippen LogP contribution is -2.12. The van der Waals surface area contributed by atoms with Crippen LogP contribution in [0.5, 0.6) is 5.75 Å². The summed E-state index contributed by atoms with van der Waals surface area (Å²) in [6.45, 7) is 0. The minimum absolute atomic E-state index is 0.00370. The van der Waals surface area contributed by atoms with Crippen LogP contribution in [0, 0.1) is 5.82 Å². The van der Waals surface area contributed by atoms with Crippen LogP contribution in [0.1, 0.15) is 10.4 Å². The molecular formula is C10H8FN3O2. The maximum absolute atomic E-state index is 13.3. The molecule has 0 saturated carbocycles. The molecule has 0 fully saturated rings. The molecule has 0 atom stereocenters. The number of hydrogen-bond acceptors (Lipinski definition) is 3. The van der Waals surface area contributed by atoms with Gasteiger partial charge in [-0.1, -0.05) is 0 Å². The predicted molar refractivity (Wildman–Crippen MR) is 54.6 cm³/mol. The van der Waals surface area contributed by atoms with Crippen LogP contribution in [-0.2, 0) is 0 Å². The molecule has 2 rings (SSSR count). The standard InChI is InChI=1S/C10H8FN3O2/c11-8-3-7(15)1-2-9(8)14-10(16)6-4-12-13-5-6/h1-5,15H,(H,12,13)(H,14,16). The number of aromatic amines is 1. The van der Waals surface area contributed by atoms with E-state index < -0.39 is 11.7 Å². The van der Waals surface area contributed by atoms with Gasteiger partial charge in [-0.05, 0) is 12.1 Å². The third kappa shape index (κ3) is 2.00. The van der Waals surface area contributed by atoms with Gasteiger partial charge in [-0.3, -0.25) is 9.89 Å². The van der Waals surface area contributed by atoms with Crippen molar-refractivity contribution in [3.05, 3.63) is 42.0 Å². The lowest BCUT2D eigenvalue weighted by atomic mass is 10.2. The number of halogens is 1. The number of rotatable bonds is 2. The normalized spacial score (nSPS) is 10.1. The molecular weight excluding hydrogens is 213 g/mol. The monoisotopic (exact) mass is 221 g/mol. The van der Waals surface area contributed by atoms with Crippen molar-refractivity contribution in [2.45, 2.75) is 0 Å². The zero-order valence-corrected chi connectivity index (χ0v) is 8.07.